The Morgan fingerprint density at radius 3 is 2.62 bits per heavy atom. The molecule has 0 saturated heterocycles. The Kier molecular flexibility index (Phi) is 6.93. The van der Waals surface area contributed by atoms with Crippen LogP contribution in [0, 0.1) is 0 Å². The van der Waals surface area contributed by atoms with E-state index in [0.29, 0.717) is 6.04 Å². The molecule has 0 heterocycles. The van der Waals surface area contributed by atoms with Gasteiger partial charge in [0.15, 0.2) is 0 Å². The zero-order chi connectivity index (χ0) is 11.8. The largest absolute Gasteiger partial charge is 0.314 e. The fourth-order valence-corrected chi connectivity index (χ4v) is 2.54. The number of nitrogens with one attached hydrogen (secondary N) is 1. The minimum absolute atomic E-state index is 0.611. The van der Waals surface area contributed by atoms with Crippen molar-refractivity contribution in [2.24, 2.45) is 0 Å². The smallest absolute Gasteiger partial charge is 0.0406 e. The second kappa shape index (κ2) is 7.99. The Bertz CT molecular complexity index is 286. The second-order valence-corrected chi connectivity index (χ2v) is 5.55. The van der Waals surface area contributed by atoms with Gasteiger partial charge in [-0.3, -0.25) is 0 Å². The normalized spacial score (nSPS) is 12.7. The van der Waals surface area contributed by atoms with Gasteiger partial charge in [-0.2, -0.15) is 0 Å². The van der Waals surface area contributed by atoms with Gasteiger partial charge in [-0.25, -0.2) is 0 Å². The van der Waals surface area contributed by atoms with Crippen LogP contribution in [0.3, 0.4) is 0 Å². The van der Waals surface area contributed by atoms with Crippen LogP contribution in [-0.4, -0.2) is 18.3 Å². The van der Waals surface area contributed by atoms with E-state index in [2.05, 4.69) is 31.3 Å². The molecule has 0 saturated carbocycles. The van der Waals surface area contributed by atoms with Gasteiger partial charge >= 0.3 is 0 Å². The zero-order valence-corrected chi connectivity index (χ0v) is 11.6. The predicted molar refractivity (Wildman–Crippen MR) is 74.5 cm³/mol. The van der Waals surface area contributed by atoms with E-state index in [1.807, 2.05) is 23.9 Å². The zero-order valence-electron chi connectivity index (χ0n) is 10.0. The molecule has 0 bridgehead atoms. The highest BCUT2D eigenvalue weighted by atomic mass is 35.5. The van der Waals surface area contributed by atoms with Crippen LogP contribution in [-0.2, 0) is 0 Å². The lowest BCUT2D eigenvalue weighted by atomic mass is 10.2. The van der Waals surface area contributed by atoms with Crippen LogP contribution in [0.2, 0.25) is 5.02 Å². The van der Waals surface area contributed by atoms with E-state index in [9.17, 15) is 0 Å². The first-order chi connectivity index (χ1) is 7.72. The first-order valence-corrected chi connectivity index (χ1v) is 7.20. The third kappa shape index (κ3) is 5.78. The molecule has 0 fully saturated rings. The topological polar surface area (TPSA) is 12.0 Å². The third-order valence-electron chi connectivity index (χ3n) is 2.38. The van der Waals surface area contributed by atoms with Gasteiger partial charge in [-0.15, -0.1) is 11.8 Å². The first kappa shape index (κ1) is 13.9. The summed E-state index contributed by atoms with van der Waals surface area (Å²) in [6.07, 6.45) is 2.40. The molecule has 1 N–H and O–H groups in total. The number of benzene rings is 1. The summed E-state index contributed by atoms with van der Waals surface area (Å²) in [5.41, 5.74) is 0. The van der Waals surface area contributed by atoms with Crippen molar-refractivity contribution < 1.29 is 0 Å². The van der Waals surface area contributed by atoms with Crippen LogP contribution in [0.1, 0.15) is 26.7 Å². The van der Waals surface area contributed by atoms with E-state index < -0.39 is 0 Å². The summed E-state index contributed by atoms with van der Waals surface area (Å²) in [5, 5.41) is 4.30. The van der Waals surface area contributed by atoms with Gasteiger partial charge in [0.2, 0.25) is 0 Å². The Morgan fingerprint density at radius 2 is 2.00 bits per heavy atom. The maximum Gasteiger partial charge on any atom is 0.0406 e. The molecule has 0 aromatic heterocycles. The second-order valence-electron chi connectivity index (χ2n) is 3.95. The van der Waals surface area contributed by atoms with Crippen molar-refractivity contribution in [3.05, 3.63) is 29.3 Å². The molecule has 0 amide bonds. The van der Waals surface area contributed by atoms with Crippen molar-refractivity contribution in [1.29, 1.82) is 0 Å². The molecule has 1 unspecified atom stereocenters. The molecule has 3 heteroatoms. The Labute approximate surface area is 108 Å². The van der Waals surface area contributed by atoms with Gasteiger partial charge in [-0.05, 0) is 56.3 Å². The monoisotopic (exact) mass is 257 g/mol. The van der Waals surface area contributed by atoms with Crippen molar-refractivity contribution >= 4 is 23.4 Å². The summed E-state index contributed by atoms with van der Waals surface area (Å²) in [7, 11) is 0. The Balaban J connectivity index is 2.17. The van der Waals surface area contributed by atoms with Gasteiger partial charge in [0.25, 0.3) is 0 Å². The average molecular weight is 258 g/mol. The molecule has 1 aromatic carbocycles. The molecule has 0 radical (unpaired) electrons. The summed E-state index contributed by atoms with van der Waals surface area (Å²) < 4.78 is 0. The predicted octanol–water partition coefficient (Wildman–Crippen LogP) is 4.21. The van der Waals surface area contributed by atoms with Crippen LogP contribution >= 0.6 is 23.4 Å². The molecule has 1 aromatic rings. The lowest BCUT2D eigenvalue weighted by molar-refractivity contribution is 0.536. The van der Waals surface area contributed by atoms with Gasteiger partial charge in [0.05, 0.1) is 0 Å². The minimum Gasteiger partial charge on any atom is -0.314 e. The summed E-state index contributed by atoms with van der Waals surface area (Å²) in [4.78, 5) is 1.30. The van der Waals surface area contributed by atoms with E-state index in [-0.39, 0.29) is 0 Å². The molecule has 0 aliphatic rings. The third-order valence-corrected chi connectivity index (χ3v) is 3.67. The van der Waals surface area contributed by atoms with Gasteiger partial charge in [0.1, 0.15) is 0 Å². The van der Waals surface area contributed by atoms with Crippen molar-refractivity contribution in [2.75, 3.05) is 12.3 Å². The van der Waals surface area contributed by atoms with Crippen molar-refractivity contribution in [1.82, 2.24) is 5.32 Å². The Morgan fingerprint density at radius 1 is 1.31 bits per heavy atom. The number of rotatable bonds is 7. The van der Waals surface area contributed by atoms with E-state index in [1.54, 1.807) is 0 Å². The average Bonchev–Trinajstić information content (AvgIpc) is 2.29. The molecule has 0 spiro atoms. The molecular formula is C13H20ClNS. The quantitative estimate of drug-likeness (QED) is 0.735. The molecule has 1 atom stereocenters. The minimum atomic E-state index is 0.611. The first-order valence-electron chi connectivity index (χ1n) is 5.84. The number of hydrogen-bond donors (Lipinski definition) is 1. The molecule has 1 rings (SSSR count). The maximum atomic E-state index is 5.83. The SMILES string of the molecule is CCCNC(C)CCSc1ccc(Cl)cc1. The van der Waals surface area contributed by atoms with Crippen LogP contribution in [0.25, 0.3) is 0 Å². The molecule has 1 nitrogen and oxygen atoms in total. The summed E-state index contributed by atoms with van der Waals surface area (Å²) in [6.45, 7) is 5.56. The lowest BCUT2D eigenvalue weighted by Crippen LogP contribution is -2.27. The van der Waals surface area contributed by atoms with Crippen molar-refractivity contribution in [3.63, 3.8) is 0 Å². The van der Waals surface area contributed by atoms with Crippen molar-refractivity contribution in [2.45, 2.75) is 37.6 Å². The summed E-state index contributed by atoms with van der Waals surface area (Å²) in [5.74, 6) is 1.15. The highest BCUT2D eigenvalue weighted by Gasteiger charge is 2.00. The van der Waals surface area contributed by atoms with E-state index in [0.717, 1.165) is 17.3 Å². The summed E-state index contributed by atoms with van der Waals surface area (Å²) >= 11 is 7.73. The van der Waals surface area contributed by atoms with Crippen LogP contribution in [0.5, 0.6) is 0 Å². The van der Waals surface area contributed by atoms with Gasteiger partial charge < -0.3 is 5.32 Å². The lowest BCUT2D eigenvalue weighted by Gasteiger charge is -2.12. The van der Waals surface area contributed by atoms with Gasteiger partial charge in [-0.1, -0.05) is 18.5 Å². The standard InChI is InChI=1S/C13H20ClNS/c1-3-9-15-11(2)8-10-16-13-6-4-12(14)5-7-13/h4-7,11,15H,3,8-10H2,1-2H3. The summed E-state index contributed by atoms with van der Waals surface area (Å²) in [6, 6.07) is 8.67. The van der Waals surface area contributed by atoms with E-state index >= 15 is 0 Å². The fourth-order valence-electron chi connectivity index (χ4n) is 1.38. The highest BCUT2D eigenvalue weighted by molar-refractivity contribution is 7.99. The fraction of sp³-hybridized carbons (Fsp3) is 0.538. The van der Waals surface area contributed by atoms with Crippen LogP contribution in [0.4, 0.5) is 0 Å². The molecule has 16 heavy (non-hydrogen) atoms. The van der Waals surface area contributed by atoms with Crippen molar-refractivity contribution in [3.8, 4) is 0 Å². The molecule has 0 aliphatic carbocycles. The molecule has 90 valence electrons. The van der Waals surface area contributed by atoms with Gasteiger partial charge in [0, 0.05) is 16.0 Å². The number of thioether (sulfide) groups is 1. The molecular weight excluding hydrogens is 238 g/mol. The molecule has 0 aliphatic heterocycles. The number of halogens is 1. The van der Waals surface area contributed by atoms with Crippen LogP contribution < -0.4 is 5.32 Å². The van der Waals surface area contributed by atoms with Crippen LogP contribution in [0.15, 0.2) is 29.2 Å². The Hall–Kier alpha value is -0.180. The maximum absolute atomic E-state index is 5.83. The van der Waals surface area contributed by atoms with E-state index in [1.165, 1.54) is 17.7 Å². The van der Waals surface area contributed by atoms with E-state index in [4.69, 9.17) is 11.6 Å². The number of hydrogen-bond acceptors (Lipinski definition) is 2. The highest BCUT2D eigenvalue weighted by Crippen LogP contribution is 2.21.